The van der Waals surface area contributed by atoms with Crippen molar-refractivity contribution in [1.82, 2.24) is 14.8 Å². The van der Waals surface area contributed by atoms with E-state index in [0.29, 0.717) is 18.8 Å². The molecule has 20 heavy (non-hydrogen) atoms. The lowest BCUT2D eigenvalue weighted by molar-refractivity contribution is -0.384. The van der Waals surface area contributed by atoms with E-state index in [4.69, 9.17) is 0 Å². The van der Waals surface area contributed by atoms with Gasteiger partial charge >= 0.3 is 0 Å². The number of amides is 1. The highest BCUT2D eigenvalue weighted by Gasteiger charge is 2.32. The van der Waals surface area contributed by atoms with Crippen LogP contribution < -0.4 is 5.32 Å². The van der Waals surface area contributed by atoms with Gasteiger partial charge in [-0.2, -0.15) is 0 Å². The van der Waals surface area contributed by atoms with Crippen molar-refractivity contribution in [2.75, 3.05) is 19.6 Å². The molecular weight excluding hydrogens is 260 g/mol. The monoisotopic (exact) mass is 278 g/mol. The average molecular weight is 278 g/mol. The van der Waals surface area contributed by atoms with Gasteiger partial charge < -0.3 is 14.8 Å². The van der Waals surface area contributed by atoms with Crippen LogP contribution in [0.2, 0.25) is 0 Å². The number of carbonyl (C=O) groups is 1. The number of rotatable bonds is 3. The molecule has 0 aromatic carbocycles. The van der Waals surface area contributed by atoms with Crippen LogP contribution >= 0.6 is 0 Å². The number of carbonyl (C=O) groups excluding carboxylic acids is 1. The number of nitrogens with zero attached hydrogens (tertiary/aromatic N) is 3. The average Bonchev–Trinajstić information content (AvgIpc) is 3.16. The number of aromatic nitrogens is 1. The Morgan fingerprint density at radius 2 is 2.25 bits per heavy atom. The van der Waals surface area contributed by atoms with Gasteiger partial charge in [-0.3, -0.25) is 14.9 Å². The van der Waals surface area contributed by atoms with Gasteiger partial charge in [-0.05, 0) is 19.8 Å². The van der Waals surface area contributed by atoms with E-state index in [9.17, 15) is 14.9 Å². The number of nitrogens with one attached hydrogen (secondary N) is 1. The summed E-state index contributed by atoms with van der Waals surface area (Å²) in [5.74, 6) is -0.0987. The number of hydrogen-bond acceptors (Lipinski definition) is 4. The first-order valence-electron chi connectivity index (χ1n) is 6.95. The fourth-order valence-corrected chi connectivity index (χ4v) is 2.67. The molecule has 1 atom stereocenters. The summed E-state index contributed by atoms with van der Waals surface area (Å²) in [7, 11) is 0. The summed E-state index contributed by atoms with van der Waals surface area (Å²) < 4.78 is 1.78. The molecule has 2 fully saturated rings. The third-order valence-electron chi connectivity index (χ3n) is 3.86. The molecule has 1 aliphatic heterocycles. The molecule has 7 heteroatoms. The summed E-state index contributed by atoms with van der Waals surface area (Å²) in [6.45, 7) is 4.08. The first-order chi connectivity index (χ1) is 9.56. The van der Waals surface area contributed by atoms with Crippen LogP contribution in [0, 0.1) is 10.1 Å². The molecule has 2 aliphatic rings. The Morgan fingerprint density at radius 3 is 2.85 bits per heavy atom. The maximum absolute atomic E-state index is 12.6. The van der Waals surface area contributed by atoms with Crippen LogP contribution in [0.15, 0.2) is 12.3 Å². The van der Waals surface area contributed by atoms with Gasteiger partial charge in [-0.15, -0.1) is 0 Å². The molecule has 108 valence electrons. The lowest BCUT2D eigenvalue weighted by atomic mass is 10.2. The highest BCUT2D eigenvalue weighted by atomic mass is 16.6. The Hall–Kier alpha value is -1.89. The van der Waals surface area contributed by atoms with Crippen molar-refractivity contribution in [2.24, 2.45) is 0 Å². The largest absolute Gasteiger partial charge is 0.335 e. The predicted octanol–water partition coefficient (Wildman–Crippen LogP) is 1.17. The first-order valence-corrected chi connectivity index (χ1v) is 6.95. The van der Waals surface area contributed by atoms with Crippen molar-refractivity contribution < 1.29 is 9.72 Å². The minimum Gasteiger partial charge on any atom is -0.335 e. The van der Waals surface area contributed by atoms with Crippen LogP contribution in [0.5, 0.6) is 0 Å². The molecule has 0 bridgehead atoms. The smallest absolute Gasteiger partial charge is 0.287 e. The van der Waals surface area contributed by atoms with Gasteiger partial charge in [0.25, 0.3) is 11.6 Å². The van der Waals surface area contributed by atoms with Crippen molar-refractivity contribution in [1.29, 1.82) is 0 Å². The molecule has 1 saturated carbocycles. The number of hydrogen-bond donors (Lipinski definition) is 1. The van der Waals surface area contributed by atoms with E-state index in [0.717, 1.165) is 19.4 Å². The normalized spacial score (nSPS) is 22.9. The van der Waals surface area contributed by atoms with Crippen LogP contribution in [0.1, 0.15) is 36.3 Å². The second kappa shape index (κ2) is 4.90. The zero-order chi connectivity index (χ0) is 14.3. The van der Waals surface area contributed by atoms with Crippen molar-refractivity contribution in [3.05, 3.63) is 28.1 Å². The van der Waals surface area contributed by atoms with E-state index >= 15 is 0 Å². The summed E-state index contributed by atoms with van der Waals surface area (Å²) in [4.78, 5) is 24.8. The van der Waals surface area contributed by atoms with Gasteiger partial charge in [0, 0.05) is 37.8 Å². The van der Waals surface area contributed by atoms with Gasteiger partial charge in [-0.25, -0.2) is 0 Å². The molecule has 1 amide bonds. The third kappa shape index (κ3) is 2.40. The second-order valence-corrected chi connectivity index (χ2v) is 5.59. The molecular formula is C13H18N4O3. The molecule has 1 aromatic rings. The van der Waals surface area contributed by atoms with Crippen molar-refractivity contribution in [3.63, 3.8) is 0 Å². The Bertz CT molecular complexity index is 550. The molecule has 0 unspecified atom stereocenters. The highest BCUT2D eigenvalue weighted by Crippen LogP contribution is 2.38. The number of nitro groups is 1. The molecule has 1 aliphatic carbocycles. The fourth-order valence-electron chi connectivity index (χ4n) is 2.67. The Labute approximate surface area is 116 Å². The topological polar surface area (TPSA) is 80.4 Å². The van der Waals surface area contributed by atoms with Crippen LogP contribution in [-0.2, 0) is 0 Å². The Kier molecular flexibility index (Phi) is 3.21. The van der Waals surface area contributed by atoms with Crippen molar-refractivity contribution in [2.45, 2.75) is 31.8 Å². The molecule has 0 spiro atoms. The maximum Gasteiger partial charge on any atom is 0.287 e. The summed E-state index contributed by atoms with van der Waals surface area (Å²) >= 11 is 0. The summed E-state index contributed by atoms with van der Waals surface area (Å²) in [5, 5.41) is 14.2. The molecule has 7 nitrogen and oxygen atoms in total. The first kappa shape index (κ1) is 13.1. The molecule has 1 aromatic heterocycles. The van der Waals surface area contributed by atoms with Gasteiger partial charge in [-0.1, -0.05) is 0 Å². The highest BCUT2D eigenvalue weighted by molar-refractivity contribution is 5.93. The summed E-state index contributed by atoms with van der Waals surface area (Å²) in [6.07, 6.45) is 3.48. The SMILES string of the molecule is C[C@@H]1CN(C(=O)c2cc([N+](=O)[O-])cn2C2CC2)CCN1. The Morgan fingerprint density at radius 1 is 1.50 bits per heavy atom. The quantitative estimate of drug-likeness (QED) is 0.664. The number of piperazine rings is 1. The molecule has 1 saturated heterocycles. The van der Waals surface area contributed by atoms with Gasteiger partial charge in [0.1, 0.15) is 5.69 Å². The van der Waals surface area contributed by atoms with E-state index in [1.165, 1.54) is 12.3 Å². The Balaban J connectivity index is 1.88. The van der Waals surface area contributed by atoms with E-state index in [-0.39, 0.29) is 23.7 Å². The maximum atomic E-state index is 12.6. The summed E-state index contributed by atoms with van der Waals surface area (Å²) in [5.41, 5.74) is 0.455. The predicted molar refractivity (Wildman–Crippen MR) is 72.7 cm³/mol. The van der Waals surface area contributed by atoms with Gasteiger partial charge in [0.05, 0.1) is 11.1 Å². The van der Waals surface area contributed by atoms with E-state index in [1.807, 2.05) is 6.92 Å². The molecule has 2 heterocycles. The standard InChI is InChI=1S/C13H18N4O3/c1-9-7-15(5-4-14-9)13(18)12-6-11(17(19)20)8-16(12)10-2-3-10/h6,8-10,14H,2-5,7H2,1H3/t9-/m1/s1. The van der Waals surface area contributed by atoms with Gasteiger partial charge in [0.2, 0.25) is 0 Å². The van der Waals surface area contributed by atoms with Crippen molar-refractivity contribution in [3.8, 4) is 0 Å². The zero-order valence-electron chi connectivity index (χ0n) is 11.4. The second-order valence-electron chi connectivity index (χ2n) is 5.59. The minimum absolute atomic E-state index is 0.00318. The molecule has 0 radical (unpaired) electrons. The molecule has 3 rings (SSSR count). The molecule has 1 N–H and O–H groups in total. The van der Waals surface area contributed by atoms with E-state index in [1.54, 1.807) is 9.47 Å². The van der Waals surface area contributed by atoms with Crippen molar-refractivity contribution >= 4 is 11.6 Å². The van der Waals surface area contributed by atoms with E-state index in [2.05, 4.69) is 5.32 Å². The minimum atomic E-state index is -0.434. The summed E-state index contributed by atoms with van der Waals surface area (Å²) in [6, 6.07) is 1.92. The van der Waals surface area contributed by atoms with E-state index < -0.39 is 4.92 Å². The van der Waals surface area contributed by atoms with Crippen LogP contribution in [0.3, 0.4) is 0 Å². The lowest BCUT2D eigenvalue weighted by Gasteiger charge is -2.32. The van der Waals surface area contributed by atoms with Crippen LogP contribution in [-0.4, -0.2) is 46.0 Å². The van der Waals surface area contributed by atoms with Crippen LogP contribution in [0.4, 0.5) is 5.69 Å². The third-order valence-corrected chi connectivity index (χ3v) is 3.86. The zero-order valence-corrected chi connectivity index (χ0v) is 11.4. The lowest BCUT2D eigenvalue weighted by Crippen LogP contribution is -2.51. The fraction of sp³-hybridized carbons (Fsp3) is 0.615. The van der Waals surface area contributed by atoms with Crippen LogP contribution in [0.25, 0.3) is 0 Å². The van der Waals surface area contributed by atoms with Gasteiger partial charge in [0.15, 0.2) is 0 Å².